The predicted molar refractivity (Wildman–Crippen MR) is 81.1 cm³/mol. The highest BCUT2D eigenvalue weighted by Gasteiger charge is 2.18. The van der Waals surface area contributed by atoms with E-state index in [4.69, 9.17) is 9.47 Å². The number of ether oxygens (including phenoxy) is 2. The van der Waals surface area contributed by atoms with Gasteiger partial charge in [-0.3, -0.25) is 4.79 Å². The van der Waals surface area contributed by atoms with Gasteiger partial charge in [-0.15, -0.1) is 0 Å². The van der Waals surface area contributed by atoms with E-state index in [2.05, 4.69) is 6.58 Å². The number of rotatable bonds is 2. The fourth-order valence-electron chi connectivity index (χ4n) is 2.53. The third-order valence-corrected chi connectivity index (χ3v) is 3.67. The molecule has 0 aromatic heterocycles. The van der Waals surface area contributed by atoms with Crippen LogP contribution in [0.3, 0.4) is 0 Å². The summed E-state index contributed by atoms with van der Waals surface area (Å²) in [4.78, 5) is 11.4. The average molecular weight is 280 g/mol. The van der Waals surface area contributed by atoms with Crippen molar-refractivity contribution in [3.63, 3.8) is 0 Å². The van der Waals surface area contributed by atoms with E-state index in [0.29, 0.717) is 6.61 Å². The van der Waals surface area contributed by atoms with Crippen molar-refractivity contribution in [1.82, 2.24) is 0 Å². The largest absolute Gasteiger partial charge is 0.488 e. The summed E-state index contributed by atoms with van der Waals surface area (Å²) < 4.78 is 10.6. The van der Waals surface area contributed by atoms with Gasteiger partial charge < -0.3 is 9.47 Å². The van der Waals surface area contributed by atoms with Crippen molar-refractivity contribution >= 4 is 11.5 Å². The van der Waals surface area contributed by atoms with Crippen LogP contribution < -0.4 is 4.74 Å². The Balaban J connectivity index is 2.02. The molecule has 0 saturated heterocycles. The molecule has 0 bridgehead atoms. The molecule has 0 aliphatic carbocycles. The van der Waals surface area contributed by atoms with Gasteiger partial charge in [0.25, 0.3) is 0 Å². The summed E-state index contributed by atoms with van der Waals surface area (Å²) in [6, 6.07) is 13.8. The van der Waals surface area contributed by atoms with Crippen LogP contribution in [0.5, 0.6) is 5.75 Å². The zero-order valence-corrected chi connectivity index (χ0v) is 11.9. The highest BCUT2D eigenvalue weighted by atomic mass is 16.5. The lowest BCUT2D eigenvalue weighted by Gasteiger charge is -2.10. The Kier molecular flexibility index (Phi) is 3.48. The fourth-order valence-corrected chi connectivity index (χ4v) is 2.53. The molecule has 2 aromatic carbocycles. The second-order valence-corrected chi connectivity index (χ2v) is 5.01. The second-order valence-electron chi connectivity index (χ2n) is 5.01. The van der Waals surface area contributed by atoms with Crippen LogP contribution in [0.15, 0.2) is 49.0 Å². The number of esters is 1. The molecule has 0 atom stereocenters. The SMILES string of the molecule is C=C1c2ccccc2COc2ccc(CC(=O)OC)cc21. The number of benzene rings is 2. The molecule has 106 valence electrons. The van der Waals surface area contributed by atoms with Gasteiger partial charge in [0.2, 0.25) is 0 Å². The van der Waals surface area contributed by atoms with Crippen LogP contribution in [-0.4, -0.2) is 13.1 Å². The normalized spacial score (nSPS) is 12.7. The van der Waals surface area contributed by atoms with Crippen molar-refractivity contribution in [1.29, 1.82) is 0 Å². The van der Waals surface area contributed by atoms with Gasteiger partial charge >= 0.3 is 5.97 Å². The third kappa shape index (κ3) is 2.55. The van der Waals surface area contributed by atoms with Crippen molar-refractivity contribution in [2.75, 3.05) is 7.11 Å². The van der Waals surface area contributed by atoms with Crippen LogP contribution in [0.4, 0.5) is 0 Å². The van der Waals surface area contributed by atoms with Crippen LogP contribution >= 0.6 is 0 Å². The number of methoxy groups -OCH3 is 1. The van der Waals surface area contributed by atoms with E-state index in [1.54, 1.807) is 0 Å². The molecular weight excluding hydrogens is 264 g/mol. The summed E-state index contributed by atoms with van der Waals surface area (Å²) in [5.41, 5.74) is 4.95. The van der Waals surface area contributed by atoms with Crippen LogP contribution in [0, 0.1) is 0 Å². The Morgan fingerprint density at radius 2 is 2.05 bits per heavy atom. The molecule has 1 aliphatic rings. The lowest BCUT2D eigenvalue weighted by molar-refractivity contribution is -0.139. The van der Waals surface area contributed by atoms with E-state index in [1.807, 2.05) is 42.5 Å². The van der Waals surface area contributed by atoms with Gasteiger partial charge in [0.1, 0.15) is 12.4 Å². The van der Waals surface area contributed by atoms with Gasteiger partial charge in [-0.25, -0.2) is 0 Å². The van der Waals surface area contributed by atoms with Crippen LogP contribution in [-0.2, 0) is 22.6 Å². The summed E-state index contributed by atoms with van der Waals surface area (Å²) in [5.74, 6) is 0.542. The van der Waals surface area contributed by atoms with Crippen molar-refractivity contribution in [3.8, 4) is 5.75 Å². The van der Waals surface area contributed by atoms with Gasteiger partial charge in [0.15, 0.2) is 0 Å². The van der Waals surface area contributed by atoms with Gasteiger partial charge in [-0.2, -0.15) is 0 Å². The molecule has 3 heteroatoms. The van der Waals surface area contributed by atoms with E-state index >= 15 is 0 Å². The summed E-state index contributed by atoms with van der Waals surface area (Å²) in [6.45, 7) is 4.73. The minimum atomic E-state index is -0.254. The van der Waals surface area contributed by atoms with E-state index in [9.17, 15) is 4.79 Å². The lowest BCUT2D eigenvalue weighted by Crippen LogP contribution is -2.05. The number of carbonyl (C=O) groups excluding carboxylic acids is 1. The molecule has 0 spiro atoms. The highest BCUT2D eigenvalue weighted by molar-refractivity contribution is 5.84. The Labute approximate surface area is 123 Å². The molecule has 3 rings (SSSR count). The summed E-state index contributed by atoms with van der Waals surface area (Å²) in [5, 5.41) is 0. The summed E-state index contributed by atoms with van der Waals surface area (Å²) in [7, 11) is 1.39. The maximum atomic E-state index is 11.4. The molecule has 0 amide bonds. The van der Waals surface area contributed by atoms with Gasteiger partial charge in [0, 0.05) is 5.56 Å². The highest BCUT2D eigenvalue weighted by Crippen LogP contribution is 2.36. The molecular formula is C18H16O3. The lowest BCUT2D eigenvalue weighted by atomic mass is 9.94. The standard InChI is InChI=1S/C18H16O3/c1-12-15-6-4-3-5-14(15)11-21-17-8-7-13(9-16(12)17)10-18(19)20-2/h3-9H,1,10-11H2,2H3. The molecule has 1 heterocycles. The Morgan fingerprint density at radius 3 is 2.86 bits per heavy atom. The van der Waals surface area contributed by atoms with Gasteiger partial charge in [0.05, 0.1) is 13.5 Å². The van der Waals surface area contributed by atoms with Crippen LogP contribution in [0.25, 0.3) is 5.57 Å². The van der Waals surface area contributed by atoms with Crippen molar-refractivity contribution < 1.29 is 14.3 Å². The van der Waals surface area contributed by atoms with E-state index in [1.165, 1.54) is 7.11 Å². The Bertz CT molecular complexity index is 716. The first-order valence-corrected chi connectivity index (χ1v) is 6.79. The van der Waals surface area contributed by atoms with Crippen molar-refractivity contribution in [2.24, 2.45) is 0 Å². The van der Waals surface area contributed by atoms with Gasteiger partial charge in [-0.1, -0.05) is 36.9 Å². The third-order valence-electron chi connectivity index (χ3n) is 3.67. The van der Waals surface area contributed by atoms with E-state index < -0.39 is 0 Å². The first kappa shape index (κ1) is 13.4. The van der Waals surface area contributed by atoms with E-state index in [-0.39, 0.29) is 12.4 Å². The zero-order valence-electron chi connectivity index (χ0n) is 11.9. The first-order chi connectivity index (χ1) is 10.2. The first-order valence-electron chi connectivity index (χ1n) is 6.79. The molecule has 0 N–H and O–H groups in total. The molecule has 0 fully saturated rings. The minimum Gasteiger partial charge on any atom is -0.488 e. The minimum absolute atomic E-state index is 0.249. The smallest absolute Gasteiger partial charge is 0.309 e. The average Bonchev–Trinajstić information content (AvgIpc) is 2.65. The maximum absolute atomic E-state index is 11.4. The summed E-state index contributed by atoms with van der Waals surface area (Å²) in [6.07, 6.45) is 0.249. The topological polar surface area (TPSA) is 35.5 Å². The molecule has 0 unspecified atom stereocenters. The monoisotopic (exact) mass is 280 g/mol. The molecule has 2 aromatic rings. The van der Waals surface area contributed by atoms with Crippen molar-refractivity contribution in [3.05, 3.63) is 71.3 Å². The molecule has 0 radical (unpaired) electrons. The maximum Gasteiger partial charge on any atom is 0.309 e. The molecule has 1 aliphatic heterocycles. The van der Waals surface area contributed by atoms with Crippen molar-refractivity contribution in [2.45, 2.75) is 13.0 Å². The second kappa shape index (κ2) is 5.44. The Morgan fingerprint density at radius 1 is 1.24 bits per heavy atom. The van der Waals surface area contributed by atoms with E-state index in [0.717, 1.165) is 33.6 Å². The predicted octanol–water partition coefficient (Wildman–Crippen LogP) is 3.36. The van der Waals surface area contributed by atoms with Crippen LogP contribution in [0.1, 0.15) is 22.3 Å². The Hall–Kier alpha value is -2.55. The van der Waals surface area contributed by atoms with Gasteiger partial charge in [-0.05, 0) is 34.4 Å². The zero-order chi connectivity index (χ0) is 14.8. The number of carbonyl (C=O) groups is 1. The number of hydrogen-bond donors (Lipinski definition) is 0. The number of hydrogen-bond acceptors (Lipinski definition) is 3. The molecule has 21 heavy (non-hydrogen) atoms. The quantitative estimate of drug-likeness (QED) is 0.791. The molecule has 0 saturated carbocycles. The van der Waals surface area contributed by atoms with Crippen LogP contribution in [0.2, 0.25) is 0 Å². The summed E-state index contributed by atoms with van der Waals surface area (Å²) >= 11 is 0. The fraction of sp³-hybridized carbons (Fsp3) is 0.167. The molecule has 3 nitrogen and oxygen atoms in total. The number of fused-ring (bicyclic) bond motifs is 2.